The number of carboxylic acids is 1. The Morgan fingerprint density at radius 1 is 1.61 bits per heavy atom. The van der Waals surface area contributed by atoms with E-state index in [-0.39, 0.29) is 18.5 Å². The van der Waals surface area contributed by atoms with Crippen LogP contribution in [0, 0.1) is 0 Å². The van der Waals surface area contributed by atoms with Crippen LogP contribution in [0.15, 0.2) is 22.8 Å². The van der Waals surface area contributed by atoms with Gasteiger partial charge in [-0.3, -0.25) is 9.69 Å². The molecule has 0 radical (unpaired) electrons. The average Bonchev–Trinajstić information content (AvgIpc) is 2.85. The van der Waals surface area contributed by atoms with Crippen molar-refractivity contribution in [1.82, 2.24) is 4.90 Å². The van der Waals surface area contributed by atoms with Crippen molar-refractivity contribution < 1.29 is 14.3 Å². The van der Waals surface area contributed by atoms with Gasteiger partial charge in [0.2, 0.25) is 0 Å². The van der Waals surface area contributed by atoms with Gasteiger partial charge in [-0.2, -0.15) is 0 Å². The maximum absolute atomic E-state index is 11.0. The number of carbonyl (C=O) groups is 1. The molecule has 100 valence electrons. The quantitative estimate of drug-likeness (QED) is 0.873. The molecule has 1 aromatic rings. The first-order chi connectivity index (χ1) is 8.72. The molecule has 4 nitrogen and oxygen atoms in total. The summed E-state index contributed by atoms with van der Waals surface area (Å²) in [6.45, 7) is 3.09. The molecule has 0 aliphatic carbocycles. The number of rotatable bonds is 5. The molecule has 1 aliphatic heterocycles. The maximum atomic E-state index is 11.0. The molecule has 1 saturated heterocycles. The highest BCUT2D eigenvalue weighted by Gasteiger charge is 2.31. The second-order valence-corrected chi connectivity index (χ2v) is 4.92. The van der Waals surface area contributed by atoms with Crippen molar-refractivity contribution in [3.8, 4) is 0 Å². The molecule has 2 heterocycles. The Bertz CT molecular complexity index is 374. The Hall–Kier alpha value is -1.29. The van der Waals surface area contributed by atoms with Gasteiger partial charge >= 0.3 is 5.97 Å². The Kier molecular flexibility index (Phi) is 4.42. The van der Waals surface area contributed by atoms with Crippen molar-refractivity contribution >= 4 is 5.97 Å². The number of carboxylic acid groups (broad SMARTS) is 1. The molecule has 2 rings (SSSR count). The molecule has 0 bridgehead atoms. The summed E-state index contributed by atoms with van der Waals surface area (Å²) in [6, 6.07) is 4.24. The van der Waals surface area contributed by atoms with Gasteiger partial charge < -0.3 is 9.52 Å². The van der Waals surface area contributed by atoms with Crippen molar-refractivity contribution in [3.05, 3.63) is 24.2 Å². The first-order valence-corrected chi connectivity index (χ1v) is 6.73. The van der Waals surface area contributed by atoms with E-state index < -0.39 is 5.97 Å². The molecule has 0 saturated carbocycles. The number of hydrogen-bond donors (Lipinski definition) is 1. The third-order valence-electron chi connectivity index (χ3n) is 3.74. The van der Waals surface area contributed by atoms with Gasteiger partial charge in [0, 0.05) is 6.04 Å². The summed E-state index contributed by atoms with van der Waals surface area (Å²) in [4.78, 5) is 13.3. The molecule has 0 aromatic carbocycles. The minimum Gasteiger partial charge on any atom is -0.481 e. The van der Waals surface area contributed by atoms with Gasteiger partial charge in [0.25, 0.3) is 0 Å². The summed E-state index contributed by atoms with van der Waals surface area (Å²) in [5, 5.41) is 9.02. The SMILES string of the molecule is CCC(c1ccco1)N1CCCCC1CC(=O)O. The van der Waals surface area contributed by atoms with Gasteiger partial charge in [-0.1, -0.05) is 13.3 Å². The van der Waals surface area contributed by atoms with Crippen LogP contribution in [0.5, 0.6) is 0 Å². The van der Waals surface area contributed by atoms with Gasteiger partial charge in [0.15, 0.2) is 0 Å². The number of aliphatic carboxylic acids is 1. The second kappa shape index (κ2) is 6.05. The van der Waals surface area contributed by atoms with E-state index in [1.807, 2.05) is 12.1 Å². The van der Waals surface area contributed by atoms with Crippen LogP contribution in [0.3, 0.4) is 0 Å². The lowest BCUT2D eigenvalue weighted by Crippen LogP contribution is -2.42. The molecule has 2 atom stereocenters. The number of hydrogen-bond acceptors (Lipinski definition) is 3. The van der Waals surface area contributed by atoms with E-state index in [4.69, 9.17) is 9.52 Å². The number of likely N-dealkylation sites (tertiary alicyclic amines) is 1. The fraction of sp³-hybridized carbons (Fsp3) is 0.643. The largest absolute Gasteiger partial charge is 0.481 e. The Labute approximate surface area is 108 Å². The molecule has 1 fully saturated rings. The highest BCUT2D eigenvalue weighted by molar-refractivity contribution is 5.67. The molecule has 1 aromatic heterocycles. The average molecular weight is 251 g/mol. The molecule has 2 unspecified atom stereocenters. The Balaban J connectivity index is 2.13. The van der Waals surface area contributed by atoms with E-state index in [1.54, 1.807) is 6.26 Å². The lowest BCUT2D eigenvalue weighted by Gasteiger charge is -2.39. The van der Waals surface area contributed by atoms with Crippen molar-refractivity contribution in [1.29, 1.82) is 0 Å². The maximum Gasteiger partial charge on any atom is 0.304 e. The van der Waals surface area contributed by atoms with Gasteiger partial charge in [-0.25, -0.2) is 0 Å². The van der Waals surface area contributed by atoms with Crippen LogP contribution in [0.25, 0.3) is 0 Å². The minimum absolute atomic E-state index is 0.145. The lowest BCUT2D eigenvalue weighted by atomic mass is 9.95. The Morgan fingerprint density at radius 3 is 3.06 bits per heavy atom. The van der Waals surface area contributed by atoms with E-state index in [1.165, 1.54) is 0 Å². The summed E-state index contributed by atoms with van der Waals surface area (Å²) in [5.41, 5.74) is 0. The normalized spacial score (nSPS) is 22.8. The van der Waals surface area contributed by atoms with Crippen molar-refractivity contribution in [3.63, 3.8) is 0 Å². The second-order valence-electron chi connectivity index (χ2n) is 4.92. The fourth-order valence-corrected chi connectivity index (χ4v) is 2.93. The predicted octanol–water partition coefficient (Wildman–Crippen LogP) is 3.06. The first-order valence-electron chi connectivity index (χ1n) is 6.73. The van der Waals surface area contributed by atoms with Crippen molar-refractivity contribution in [2.75, 3.05) is 6.54 Å². The van der Waals surface area contributed by atoms with E-state index in [0.717, 1.165) is 38.0 Å². The zero-order valence-corrected chi connectivity index (χ0v) is 10.8. The lowest BCUT2D eigenvalue weighted by molar-refractivity contribution is -0.139. The number of nitrogens with zero attached hydrogens (tertiary/aromatic N) is 1. The predicted molar refractivity (Wildman–Crippen MR) is 68.3 cm³/mol. The summed E-state index contributed by atoms with van der Waals surface area (Å²) < 4.78 is 5.50. The highest BCUT2D eigenvalue weighted by atomic mass is 16.4. The summed E-state index contributed by atoms with van der Waals surface area (Å²) in [5.74, 6) is 0.246. The molecule has 18 heavy (non-hydrogen) atoms. The van der Waals surface area contributed by atoms with Crippen LogP contribution in [0.4, 0.5) is 0 Å². The molecule has 0 spiro atoms. The minimum atomic E-state index is -0.707. The van der Waals surface area contributed by atoms with Crippen LogP contribution in [0.1, 0.15) is 50.8 Å². The summed E-state index contributed by atoms with van der Waals surface area (Å²) in [7, 11) is 0. The molecule has 1 N–H and O–H groups in total. The number of piperidine rings is 1. The van der Waals surface area contributed by atoms with Crippen molar-refractivity contribution in [2.24, 2.45) is 0 Å². The zero-order chi connectivity index (χ0) is 13.0. The summed E-state index contributed by atoms with van der Waals surface area (Å²) >= 11 is 0. The van der Waals surface area contributed by atoms with Crippen LogP contribution in [-0.4, -0.2) is 28.6 Å². The number of furan rings is 1. The van der Waals surface area contributed by atoms with Gasteiger partial charge in [-0.05, 0) is 37.9 Å². The summed E-state index contributed by atoms with van der Waals surface area (Å²) in [6.07, 6.45) is 6.12. The van der Waals surface area contributed by atoms with Crippen LogP contribution < -0.4 is 0 Å². The van der Waals surface area contributed by atoms with E-state index in [0.29, 0.717) is 0 Å². The molecule has 0 amide bonds. The van der Waals surface area contributed by atoms with Gasteiger partial charge in [-0.15, -0.1) is 0 Å². The Morgan fingerprint density at radius 2 is 2.44 bits per heavy atom. The third kappa shape index (κ3) is 2.93. The molecule has 1 aliphatic rings. The van der Waals surface area contributed by atoms with Crippen LogP contribution >= 0.6 is 0 Å². The van der Waals surface area contributed by atoms with Gasteiger partial charge in [0.05, 0.1) is 18.7 Å². The van der Waals surface area contributed by atoms with Crippen LogP contribution in [-0.2, 0) is 4.79 Å². The highest BCUT2D eigenvalue weighted by Crippen LogP contribution is 2.32. The van der Waals surface area contributed by atoms with E-state index in [2.05, 4.69) is 11.8 Å². The third-order valence-corrected chi connectivity index (χ3v) is 3.74. The molecular formula is C14H21NO3. The smallest absolute Gasteiger partial charge is 0.304 e. The van der Waals surface area contributed by atoms with Crippen LogP contribution in [0.2, 0.25) is 0 Å². The fourth-order valence-electron chi connectivity index (χ4n) is 2.93. The molecular weight excluding hydrogens is 230 g/mol. The standard InChI is InChI=1S/C14H21NO3/c1-2-12(13-7-5-9-18-13)15-8-4-3-6-11(15)10-14(16)17/h5,7,9,11-12H,2-4,6,8,10H2,1H3,(H,16,17). The topological polar surface area (TPSA) is 53.7 Å². The molecule has 4 heteroatoms. The zero-order valence-electron chi connectivity index (χ0n) is 10.8. The van der Waals surface area contributed by atoms with Crippen molar-refractivity contribution in [2.45, 2.75) is 51.1 Å². The van der Waals surface area contributed by atoms with E-state index in [9.17, 15) is 4.79 Å². The monoisotopic (exact) mass is 251 g/mol. The van der Waals surface area contributed by atoms with Gasteiger partial charge in [0.1, 0.15) is 5.76 Å². The van der Waals surface area contributed by atoms with E-state index >= 15 is 0 Å². The first kappa shape index (κ1) is 13.1.